The van der Waals surface area contributed by atoms with Gasteiger partial charge in [0, 0.05) is 13.7 Å². The second kappa shape index (κ2) is 7.07. The van der Waals surface area contributed by atoms with Crippen LogP contribution in [0.1, 0.15) is 33.3 Å². The van der Waals surface area contributed by atoms with E-state index in [2.05, 4.69) is 10.3 Å². The minimum Gasteiger partial charge on any atom is -0.461 e. The summed E-state index contributed by atoms with van der Waals surface area (Å²) in [7, 11) is 1.57. The van der Waals surface area contributed by atoms with Gasteiger partial charge in [0.25, 0.3) is 5.91 Å². The van der Waals surface area contributed by atoms with Crippen LogP contribution in [0.15, 0.2) is 6.20 Å². The van der Waals surface area contributed by atoms with E-state index in [0.29, 0.717) is 11.4 Å². The Hall–Kier alpha value is -1.47. The molecule has 7 heteroatoms. The molecule has 0 bridgehead atoms. The van der Waals surface area contributed by atoms with Crippen molar-refractivity contribution in [3.8, 4) is 0 Å². The van der Waals surface area contributed by atoms with Crippen molar-refractivity contribution in [2.24, 2.45) is 0 Å². The van der Waals surface area contributed by atoms with Crippen LogP contribution in [-0.4, -0.2) is 43.2 Å². The number of carbonyl (C=O) groups excluding carboxylic acids is 2. The van der Waals surface area contributed by atoms with Gasteiger partial charge in [-0.15, -0.1) is 11.3 Å². The summed E-state index contributed by atoms with van der Waals surface area (Å²) in [4.78, 5) is 27.3. The number of aromatic nitrogens is 1. The Morgan fingerprint density at radius 1 is 1.56 bits per heavy atom. The maximum absolute atomic E-state index is 11.7. The van der Waals surface area contributed by atoms with Crippen molar-refractivity contribution >= 4 is 23.2 Å². The van der Waals surface area contributed by atoms with Gasteiger partial charge in [0.1, 0.15) is 4.88 Å². The summed E-state index contributed by atoms with van der Waals surface area (Å²) in [6.07, 6.45) is 1.30. The van der Waals surface area contributed by atoms with E-state index in [1.807, 2.05) is 6.92 Å². The zero-order chi connectivity index (χ0) is 13.5. The number of carbonyl (C=O) groups is 2. The van der Waals surface area contributed by atoms with Crippen LogP contribution in [-0.2, 0) is 9.47 Å². The van der Waals surface area contributed by atoms with E-state index in [1.165, 1.54) is 6.20 Å². The van der Waals surface area contributed by atoms with Crippen LogP contribution < -0.4 is 5.32 Å². The van der Waals surface area contributed by atoms with E-state index in [9.17, 15) is 9.59 Å². The summed E-state index contributed by atoms with van der Waals surface area (Å²) in [5.41, 5.74) is 0. The minimum atomic E-state index is -0.508. The lowest BCUT2D eigenvalue weighted by molar-refractivity contribution is 0.0526. The molecule has 1 N–H and O–H groups in total. The highest BCUT2D eigenvalue weighted by atomic mass is 32.1. The second-order valence-corrected chi connectivity index (χ2v) is 4.54. The second-order valence-electron chi connectivity index (χ2n) is 3.51. The fourth-order valence-electron chi connectivity index (χ4n) is 1.07. The van der Waals surface area contributed by atoms with Crippen LogP contribution in [0, 0.1) is 0 Å². The zero-order valence-corrected chi connectivity index (χ0v) is 11.4. The average molecular weight is 272 g/mol. The van der Waals surface area contributed by atoms with E-state index in [1.54, 1.807) is 14.0 Å². The molecule has 0 fully saturated rings. The Morgan fingerprint density at radius 2 is 2.28 bits per heavy atom. The first kappa shape index (κ1) is 14.6. The molecular formula is C11H16N2O4S. The van der Waals surface area contributed by atoms with Gasteiger partial charge in [0.15, 0.2) is 0 Å². The van der Waals surface area contributed by atoms with Crippen LogP contribution >= 0.6 is 11.3 Å². The summed E-state index contributed by atoms with van der Waals surface area (Å²) in [5.74, 6) is -0.779. The van der Waals surface area contributed by atoms with Gasteiger partial charge >= 0.3 is 5.97 Å². The Kier molecular flexibility index (Phi) is 5.73. The van der Waals surface area contributed by atoms with Gasteiger partial charge < -0.3 is 14.8 Å². The number of ether oxygens (including phenoxy) is 2. The van der Waals surface area contributed by atoms with Crippen LogP contribution in [0.5, 0.6) is 0 Å². The fraction of sp³-hybridized carbons (Fsp3) is 0.545. The molecule has 0 saturated carbocycles. The zero-order valence-electron chi connectivity index (χ0n) is 10.6. The molecule has 0 aromatic carbocycles. The topological polar surface area (TPSA) is 77.5 Å². The minimum absolute atomic E-state index is 0.0635. The third-order valence-electron chi connectivity index (χ3n) is 2.13. The highest BCUT2D eigenvalue weighted by Crippen LogP contribution is 2.13. The van der Waals surface area contributed by atoms with Crippen LogP contribution in [0.2, 0.25) is 0 Å². The molecule has 1 unspecified atom stereocenters. The molecule has 1 aromatic rings. The van der Waals surface area contributed by atoms with Gasteiger partial charge in [0.2, 0.25) is 5.01 Å². The fourth-order valence-corrected chi connectivity index (χ4v) is 1.80. The molecule has 1 rings (SSSR count). The van der Waals surface area contributed by atoms with Gasteiger partial charge in [-0.05, 0) is 13.8 Å². The van der Waals surface area contributed by atoms with Crippen LogP contribution in [0.4, 0.5) is 0 Å². The highest BCUT2D eigenvalue weighted by Gasteiger charge is 2.16. The van der Waals surface area contributed by atoms with Gasteiger partial charge in [-0.25, -0.2) is 9.78 Å². The SMILES string of the molecule is CCOC(=O)c1ncc(C(=O)NCC(C)OC)s1. The highest BCUT2D eigenvalue weighted by molar-refractivity contribution is 7.15. The molecule has 100 valence electrons. The maximum Gasteiger partial charge on any atom is 0.367 e. The van der Waals surface area contributed by atoms with E-state index < -0.39 is 5.97 Å². The number of amides is 1. The molecule has 0 radical (unpaired) electrons. The molecule has 1 amide bonds. The van der Waals surface area contributed by atoms with Gasteiger partial charge in [-0.1, -0.05) is 0 Å². The number of rotatable bonds is 6. The first-order valence-electron chi connectivity index (χ1n) is 5.52. The van der Waals surface area contributed by atoms with E-state index >= 15 is 0 Å². The first-order valence-corrected chi connectivity index (χ1v) is 6.34. The first-order chi connectivity index (χ1) is 8.58. The molecule has 6 nitrogen and oxygen atoms in total. The normalized spacial score (nSPS) is 11.9. The molecule has 1 aromatic heterocycles. The van der Waals surface area contributed by atoms with Gasteiger partial charge in [0.05, 0.1) is 18.9 Å². The Morgan fingerprint density at radius 3 is 2.89 bits per heavy atom. The van der Waals surface area contributed by atoms with Gasteiger partial charge in [-0.3, -0.25) is 4.79 Å². The number of nitrogens with zero attached hydrogens (tertiary/aromatic N) is 1. The molecule has 0 aliphatic rings. The van der Waals surface area contributed by atoms with Crippen molar-refractivity contribution in [3.63, 3.8) is 0 Å². The van der Waals surface area contributed by atoms with Crippen molar-refractivity contribution in [2.45, 2.75) is 20.0 Å². The summed E-state index contributed by atoms with van der Waals surface area (Å²) in [6.45, 7) is 4.25. The van der Waals surface area contributed by atoms with E-state index in [-0.39, 0.29) is 23.6 Å². The predicted octanol–water partition coefficient (Wildman–Crippen LogP) is 1.08. The van der Waals surface area contributed by atoms with E-state index in [4.69, 9.17) is 9.47 Å². The lowest BCUT2D eigenvalue weighted by Crippen LogP contribution is -2.31. The molecular weight excluding hydrogens is 256 g/mol. The third kappa shape index (κ3) is 4.08. The average Bonchev–Trinajstić information content (AvgIpc) is 2.85. The number of esters is 1. The quantitative estimate of drug-likeness (QED) is 0.784. The maximum atomic E-state index is 11.7. The van der Waals surface area contributed by atoms with Crippen molar-refractivity contribution in [1.29, 1.82) is 0 Å². The largest absolute Gasteiger partial charge is 0.461 e. The molecule has 18 heavy (non-hydrogen) atoms. The van der Waals surface area contributed by atoms with E-state index in [0.717, 1.165) is 11.3 Å². The lowest BCUT2D eigenvalue weighted by atomic mass is 10.4. The summed E-state index contributed by atoms with van der Waals surface area (Å²) in [5, 5.41) is 2.87. The molecule has 0 aliphatic heterocycles. The van der Waals surface area contributed by atoms with Crippen molar-refractivity contribution < 1.29 is 19.1 Å². The smallest absolute Gasteiger partial charge is 0.367 e. The summed E-state index contributed by atoms with van der Waals surface area (Å²) in [6, 6.07) is 0. The predicted molar refractivity (Wildman–Crippen MR) is 66.9 cm³/mol. The number of nitrogens with one attached hydrogen (secondary N) is 1. The van der Waals surface area contributed by atoms with Crippen LogP contribution in [0.3, 0.4) is 0 Å². The Labute approximate surface area is 109 Å². The Bertz CT molecular complexity index is 419. The van der Waals surface area contributed by atoms with Crippen molar-refractivity contribution in [3.05, 3.63) is 16.1 Å². The van der Waals surface area contributed by atoms with Crippen LogP contribution in [0.25, 0.3) is 0 Å². The van der Waals surface area contributed by atoms with Gasteiger partial charge in [-0.2, -0.15) is 0 Å². The molecule has 0 spiro atoms. The summed E-state index contributed by atoms with van der Waals surface area (Å²) < 4.78 is 9.80. The molecule has 1 atom stereocenters. The Balaban J connectivity index is 2.57. The number of thiazole rings is 1. The lowest BCUT2D eigenvalue weighted by Gasteiger charge is -2.09. The van der Waals surface area contributed by atoms with Crippen molar-refractivity contribution in [1.82, 2.24) is 10.3 Å². The molecule has 0 saturated heterocycles. The molecule has 1 heterocycles. The summed E-state index contributed by atoms with van der Waals surface area (Å²) >= 11 is 1.01. The number of hydrogen-bond acceptors (Lipinski definition) is 6. The number of hydrogen-bond donors (Lipinski definition) is 1. The monoisotopic (exact) mass is 272 g/mol. The van der Waals surface area contributed by atoms with Crippen molar-refractivity contribution in [2.75, 3.05) is 20.3 Å². The molecule has 0 aliphatic carbocycles. The number of methoxy groups -OCH3 is 1. The standard InChI is InChI=1S/C11H16N2O4S/c1-4-17-11(15)10-13-6-8(18-10)9(14)12-5-7(2)16-3/h6-7H,4-5H2,1-3H3,(H,12,14). The third-order valence-corrected chi connectivity index (χ3v) is 3.11.